The molecule has 2 amide bonds. The number of carbonyl (C=O) groups is 2. The topological polar surface area (TPSA) is 115 Å². The Balaban J connectivity index is 1.77. The number of hydrazone groups is 1. The summed E-state index contributed by atoms with van der Waals surface area (Å²) in [4.78, 5) is 46.1. The SMILES string of the molecule is CCc1ccc(C(=O)N(SN2CCN(Cc3ccc(Cl)nc3)/C2=N/[N+](=O)[O-])N(C(=O)c2cc(C)cc(C)c2)C(C)(C)C)cc1. The first kappa shape index (κ1) is 32.7. The fourth-order valence-electron chi connectivity index (χ4n) is 4.83. The summed E-state index contributed by atoms with van der Waals surface area (Å²) in [7, 11) is 0. The number of hydrogen-bond donors (Lipinski definition) is 0. The van der Waals surface area contributed by atoms with Crippen LogP contribution in [0.3, 0.4) is 0 Å². The lowest BCUT2D eigenvalue weighted by Crippen LogP contribution is -2.56. The van der Waals surface area contributed by atoms with E-state index in [-0.39, 0.29) is 18.4 Å². The Kier molecular flexibility index (Phi) is 10.2. The number of pyridine rings is 1. The molecule has 0 unspecified atom stereocenters. The van der Waals surface area contributed by atoms with Crippen molar-refractivity contribution in [1.82, 2.24) is 23.6 Å². The van der Waals surface area contributed by atoms with Crippen molar-refractivity contribution in [3.63, 3.8) is 0 Å². The van der Waals surface area contributed by atoms with Crippen LogP contribution in [0.4, 0.5) is 0 Å². The molecule has 0 N–H and O–H groups in total. The van der Waals surface area contributed by atoms with Crippen LogP contribution in [-0.2, 0) is 13.0 Å². The summed E-state index contributed by atoms with van der Waals surface area (Å²) < 4.78 is 2.86. The molecule has 0 atom stereocenters. The van der Waals surface area contributed by atoms with E-state index < -0.39 is 16.5 Å². The smallest absolute Gasteiger partial charge is 0.285 e. The maximum absolute atomic E-state index is 14.3. The molecule has 11 nitrogen and oxygen atoms in total. The van der Waals surface area contributed by atoms with E-state index in [2.05, 4.69) is 10.1 Å². The van der Waals surface area contributed by atoms with Crippen LogP contribution in [-0.4, -0.2) is 65.0 Å². The Morgan fingerprint density at radius 1 is 1.00 bits per heavy atom. The molecular weight excluding hydrogens is 602 g/mol. The molecule has 4 rings (SSSR count). The molecular formula is C31H36ClN7O4S. The van der Waals surface area contributed by atoms with Crippen molar-refractivity contribution in [3.05, 3.63) is 109 Å². The minimum atomic E-state index is -0.866. The van der Waals surface area contributed by atoms with Gasteiger partial charge in [-0.1, -0.05) is 53.9 Å². The van der Waals surface area contributed by atoms with Crippen molar-refractivity contribution in [3.8, 4) is 0 Å². The van der Waals surface area contributed by atoms with Gasteiger partial charge in [0.15, 0.2) is 5.03 Å². The normalized spacial score (nSPS) is 14.2. The second-order valence-corrected chi connectivity index (χ2v) is 12.9. The number of aryl methyl sites for hydroxylation is 3. The van der Waals surface area contributed by atoms with Gasteiger partial charge in [0.2, 0.25) is 0 Å². The van der Waals surface area contributed by atoms with E-state index in [1.165, 1.54) is 9.42 Å². The summed E-state index contributed by atoms with van der Waals surface area (Å²) in [5.74, 6) is -0.792. The van der Waals surface area contributed by atoms with Crippen LogP contribution in [0.2, 0.25) is 5.15 Å². The summed E-state index contributed by atoms with van der Waals surface area (Å²) in [6, 6.07) is 16.2. The molecule has 44 heavy (non-hydrogen) atoms. The third-order valence-electron chi connectivity index (χ3n) is 6.85. The minimum absolute atomic E-state index is 0.0433. The molecule has 0 saturated carbocycles. The van der Waals surface area contributed by atoms with Gasteiger partial charge in [-0.3, -0.25) is 13.9 Å². The van der Waals surface area contributed by atoms with Crippen molar-refractivity contribution < 1.29 is 14.6 Å². The second kappa shape index (κ2) is 13.6. The van der Waals surface area contributed by atoms with Gasteiger partial charge in [-0.15, -0.1) is 0 Å². The minimum Gasteiger partial charge on any atom is -0.331 e. The summed E-state index contributed by atoms with van der Waals surface area (Å²) in [6.07, 6.45) is 2.40. The zero-order chi connectivity index (χ0) is 32.2. The number of aromatic nitrogens is 1. The highest BCUT2D eigenvalue weighted by Crippen LogP contribution is 2.33. The van der Waals surface area contributed by atoms with E-state index in [9.17, 15) is 19.7 Å². The lowest BCUT2D eigenvalue weighted by molar-refractivity contribution is -0.486. The Morgan fingerprint density at radius 3 is 2.18 bits per heavy atom. The predicted octanol–water partition coefficient (Wildman–Crippen LogP) is 6.14. The standard InChI is InChI=1S/C31H36ClN7O4S/c1-7-23-8-11-25(12-9-23)29(41)38(37(31(4,5)6)28(40)26-17-21(2)16-22(3)18-26)44-36-15-14-35(30(36)34-39(42)43)20-24-10-13-27(32)33-19-24/h8-13,16-19H,7,14-15,20H2,1-6H3/b34-30-. The molecule has 0 radical (unpaired) electrons. The quantitative estimate of drug-likeness (QED) is 0.125. The largest absolute Gasteiger partial charge is 0.331 e. The number of guanidine groups is 1. The number of benzene rings is 2. The van der Waals surface area contributed by atoms with Crippen LogP contribution in [0.5, 0.6) is 0 Å². The molecule has 2 aromatic carbocycles. The van der Waals surface area contributed by atoms with Gasteiger partial charge in [-0.25, -0.2) is 20.1 Å². The molecule has 1 fully saturated rings. The Labute approximate surface area is 266 Å². The van der Waals surface area contributed by atoms with Gasteiger partial charge in [-0.2, -0.15) is 4.41 Å². The Morgan fingerprint density at radius 2 is 1.64 bits per heavy atom. The third-order valence-corrected chi connectivity index (χ3v) is 8.10. The van der Waals surface area contributed by atoms with Crippen LogP contribution in [0.25, 0.3) is 0 Å². The van der Waals surface area contributed by atoms with E-state index in [4.69, 9.17) is 11.6 Å². The molecule has 0 bridgehead atoms. The van der Waals surface area contributed by atoms with E-state index in [1.807, 2.05) is 59.7 Å². The predicted molar refractivity (Wildman–Crippen MR) is 172 cm³/mol. The Bertz CT molecular complexity index is 1540. The van der Waals surface area contributed by atoms with Crippen molar-refractivity contribution in [2.45, 2.75) is 60.0 Å². The zero-order valence-corrected chi connectivity index (χ0v) is 27.2. The van der Waals surface area contributed by atoms with E-state index in [0.717, 1.165) is 40.8 Å². The lowest BCUT2D eigenvalue weighted by Gasteiger charge is -2.43. The number of nitrogens with zero attached hydrogens (tertiary/aromatic N) is 7. The van der Waals surface area contributed by atoms with E-state index in [1.54, 1.807) is 51.8 Å². The number of hydrazine groups is 1. The third kappa shape index (κ3) is 7.86. The van der Waals surface area contributed by atoms with Crippen LogP contribution in [0.15, 0.2) is 65.9 Å². The fraction of sp³-hybridized carbons (Fsp3) is 0.355. The molecule has 2 heterocycles. The number of rotatable bonds is 8. The average molecular weight is 638 g/mol. The van der Waals surface area contributed by atoms with Crippen molar-refractivity contribution in [2.24, 2.45) is 5.10 Å². The van der Waals surface area contributed by atoms with Gasteiger partial charge in [0.05, 0.1) is 24.2 Å². The molecule has 1 saturated heterocycles. The summed E-state index contributed by atoms with van der Waals surface area (Å²) in [5.41, 5.74) is 3.60. The van der Waals surface area contributed by atoms with Crippen LogP contribution >= 0.6 is 23.7 Å². The molecule has 1 aliphatic rings. The first-order valence-corrected chi connectivity index (χ1v) is 15.3. The highest BCUT2D eigenvalue weighted by Gasteiger charge is 2.41. The second-order valence-electron chi connectivity index (χ2n) is 11.5. The maximum Gasteiger partial charge on any atom is 0.285 e. The lowest BCUT2D eigenvalue weighted by atomic mass is 10.0. The van der Waals surface area contributed by atoms with Crippen molar-refractivity contribution in [1.29, 1.82) is 0 Å². The van der Waals surface area contributed by atoms with Crippen LogP contribution in [0.1, 0.15) is 70.7 Å². The number of carbonyl (C=O) groups excluding carboxylic acids is 2. The van der Waals surface area contributed by atoms with Gasteiger partial charge in [0, 0.05) is 30.4 Å². The molecule has 232 valence electrons. The van der Waals surface area contributed by atoms with Crippen LogP contribution in [0, 0.1) is 24.0 Å². The monoisotopic (exact) mass is 637 g/mol. The van der Waals surface area contributed by atoms with E-state index >= 15 is 0 Å². The average Bonchev–Trinajstić information content (AvgIpc) is 3.31. The highest BCUT2D eigenvalue weighted by atomic mass is 35.5. The van der Waals surface area contributed by atoms with E-state index in [0.29, 0.717) is 29.4 Å². The first-order valence-electron chi connectivity index (χ1n) is 14.2. The molecule has 13 heteroatoms. The van der Waals surface area contributed by atoms with Crippen LogP contribution < -0.4 is 0 Å². The van der Waals surface area contributed by atoms with Gasteiger partial charge in [-0.05, 0) is 82.5 Å². The molecule has 0 aliphatic carbocycles. The van der Waals surface area contributed by atoms with Gasteiger partial charge in [0.25, 0.3) is 17.8 Å². The van der Waals surface area contributed by atoms with Gasteiger partial charge in [0.1, 0.15) is 10.3 Å². The highest BCUT2D eigenvalue weighted by molar-refractivity contribution is 7.95. The molecule has 1 aliphatic heterocycles. The maximum atomic E-state index is 14.3. The number of halogens is 1. The zero-order valence-electron chi connectivity index (χ0n) is 25.7. The number of hydrogen-bond acceptors (Lipinski definition) is 6. The van der Waals surface area contributed by atoms with Crippen molar-refractivity contribution >= 4 is 41.5 Å². The summed E-state index contributed by atoms with van der Waals surface area (Å²) in [5, 5.41) is 16.4. The first-order chi connectivity index (χ1) is 20.8. The van der Waals surface area contributed by atoms with Crippen molar-refractivity contribution in [2.75, 3.05) is 13.1 Å². The number of amides is 2. The molecule has 1 aromatic heterocycles. The number of nitro groups is 1. The molecule has 0 spiro atoms. The fourth-order valence-corrected chi connectivity index (χ4v) is 6.09. The Hall–Kier alpha value is -4.16. The summed E-state index contributed by atoms with van der Waals surface area (Å²) >= 11 is 6.84. The van der Waals surface area contributed by atoms with Gasteiger partial charge >= 0.3 is 0 Å². The summed E-state index contributed by atoms with van der Waals surface area (Å²) in [6.45, 7) is 12.3. The molecule has 3 aromatic rings. The van der Waals surface area contributed by atoms with Gasteiger partial charge < -0.3 is 4.90 Å².